The molecule has 1 aliphatic heterocycles. The number of hydrogen-bond acceptors (Lipinski definition) is 3. The molecule has 1 heterocycles. The van der Waals surface area contributed by atoms with Gasteiger partial charge in [0.2, 0.25) is 0 Å². The summed E-state index contributed by atoms with van der Waals surface area (Å²) in [6.07, 6.45) is 8.18. The van der Waals surface area contributed by atoms with Crippen LogP contribution in [0.5, 0.6) is 5.75 Å². The van der Waals surface area contributed by atoms with E-state index >= 15 is 0 Å². The molecule has 3 rings (SSSR count). The van der Waals surface area contributed by atoms with Gasteiger partial charge in [0.15, 0.2) is 0 Å². The van der Waals surface area contributed by atoms with Gasteiger partial charge in [0.25, 0.3) is 0 Å². The van der Waals surface area contributed by atoms with Gasteiger partial charge in [-0.3, -0.25) is 9.79 Å². The molecule has 1 aromatic carbocycles. The molecule has 23 heavy (non-hydrogen) atoms. The largest absolute Gasteiger partial charge is 0.508 e. The molecule has 1 N–H and O–H groups in total. The maximum atomic E-state index is 12.8. The van der Waals surface area contributed by atoms with Gasteiger partial charge in [-0.15, -0.1) is 0 Å². The van der Waals surface area contributed by atoms with E-state index in [-0.39, 0.29) is 17.2 Å². The number of aromatic hydroxyl groups is 1. The number of aliphatic imine (C=N–C) groups is 1. The third kappa shape index (κ3) is 3.82. The van der Waals surface area contributed by atoms with Crippen LogP contribution in [-0.4, -0.2) is 22.1 Å². The minimum Gasteiger partial charge on any atom is -0.508 e. The van der Waals surface area contributed by atoms with Crippen molar-refractivity contribution < 1.29 is 9.90 Å². The van der Waals surface area contributed by atoms with E-state index in [1.54, 1.807) is 12.1 Å². The molecule has 1 saturated carbocycles. The smallest absolute Gasteiger partial charge is 0.141 e. The zero-order chi connectivity index (χ0) is 16.4. The lowest BCUT2D eigenvalue weighted by Gasteiger charge is -2.29. The SMILES string of the molecule is CC1(C)Cc2ccc(O)cc2C(CC(=O)C2CCCCCC2)=N1. The van der Waals surface area contributed by atoms with Gasteiger partial charge in [-0.2, -0.15) is 0 Å². The third-order valence-corrected chi connectivity index (χ3v) is 5.12. The molecule has 1 fully saturated rings. The quantitative estimate of drug-likeness (QED) is 0.838. The Labute approximate surface area is 138 Å². The molecule has 0 saturated heterocycles. The molecule has 3 heteroatoms. The summed E-state index contributed by atoms with van der Waals surface area (Å²) in [6.45, 7) is 4.22. The number of Topliss-reactive ketones (excluding diaryl/α,β-unsaturated/α-hetero) is 1. The number of phenols is 1. The highest BCUT2D eigenvalue weighted by Gasteiger charge is 2.29. The number of nitrogens with zero attached hydrogens (tertiary/aromatic N) is 1. The first-order chi connectivity index (χ1) is 10.9. The molecule has 1 aliphatic carbocycles. The van der Waals surface area contributed by atoms with Crippen molar-refractivity contribution >= 4 is 11.5 Å². The Morgan fingerprint density at radius 2 is 1.91 bits per heavy atom. The third-order valence-electron chi connectivity index (χ3n) is 5.12. The topological polar surface area (TPSA) is 49.7 Å². The highest BCUT2D eigenvalue weighted by atomic mass is 16.3. The highest BCUT2D eigenvalue weighted by Crippen LogP contribution is 2.32. The normalized spacial score (nSPS) is 21.2. The van der Waals surface area contributed by atoms with E-state index in [4.69, 9.17) is 4.99 Å². The van der Waals surface area contributed by atoms with Crippen LogP contribution in [0.1, 0.15) is 69.9 Å². The van der Waals surface area contributed by atoms with Crippen molar-refractivity contribution in [3.05, 3.63) is 29.3 Å². The Kier molecular flexibility index (Phi) is 4.56. The van der Waals surface area contributed by atoms with Crippen LogP contribution < -0.4 is 0 Å². The Morgan fingerprint density at radius 3 is 2.61 bits per heavy atom. The minimum absolute atomic E-state index is 0.178. The summed E-state index contributed by atoms with van der Waals surface area (Å²) in [5.41, 5.74) is 2.84. The van der Waals surface area contributed by atoms with E-state index in [0.29, 0.717) is 12.2 Å². The lowest BCUT2D eigenvalue weighted by molar-refractivity contribution is -0.122. The summed E-state index contributed by atoms with van der Waals surface area (Å²) >= 11 is 0. The van der Waals surface area contributed by atoms with Crippen LogP contribution in [0.2, 0.25) is 0 Å². The average molecular weight is 313 g/mol. The number of rotatable bonds is 3. The second kappa shape index (κ2) is 6.46. The summed E-state index contributed by atoms with van der Waals surface area (Å²) in [4.78, 5) is 17.6. The molecule has 0 unspecified atom stereocenters. The van der Waals surface area contributed by atoms with Crippen molar-refractivity contribution in [1.29, 1.82) is 0 Å². The standard InChI is InChI=1S/C20H27NO2/c1-20(2)13-15-9-10-16(22)11-17(15)18(21-20)12-19(23)14-7-5-3-4-6-8-14/h9-11,14,22H,3-8,12-13H2,1-2H3. The summed E-state index contributed by atoms with van der Waals surface area (Å²) in [6, 6.07) is 5.46. The molecule has 0 spiro atoms. The Hall–Kier alpha value is -1.64. The predicted molar refractivity (Wildman–Crippen MR) is 93.2 cm³/mol. The van der Waals surface area contributed by atoms with E-state index < -0.39 is 0 Å². The van der Waals surface area contributed by atoms with Gasteiger partial charge in [0.05, 0.1) is 11.3 Å². The number of phenolic OH excluding ortho intramolecular Hbond substituents is 1. The minimum atomic E-state index is -0.178. The van der Waals surface area contributed by atoms with Gasteiger partial charge in [-0.1, -0.05) is 31.7 Å². The number of carbonyl (C=O) groups excluding carboxylic acids is 1. The van der Waals surface area contributed by atoms with E-state index in [0.717, 1.165) is 30.5 Å². The van der Waals surface area contributed by atoms with Crippen molar-refractivity contribution in [2.45, 2.75) is 70.8 Å². The van der Waals surface area contributed by atoms with Crippen molar-refractivity contribution in [3.63, 3.8) is 0 Å². The lowest BCUT2D eigenvalue weighted by atomic mass is 9.83. The molecule has 0 atom stereocenters. The van der Waals surface area contributed by atoms with Crippen molar-refractivity contribution in [2.24, 2.45) is 10.9 Å². The Balaban J connectivity index is 1.84. The van der Waals surface area contributed by atoms with Gasteiger partial charge >= 0.3 is 0 Å². The van der Waals surface area contributed by atoms with E-state index in [1.165, 1.54) is 31.2 Å². The fraction of sp³-hybridized carbons (Fsp3) is 0.600. The van der Waals surface area contributed by atoms with Crippen LogP contribution in [0.4, 0.5) is 0 Å². The average Bonchev–Trinajstić information content (AvgIpc) is 2.76. The molecular formula is C20H27NO2. The summed E-state index contributed by atoms with van der Waals surface area (Å²) < 4.78 is 0. The predicted octanol–water partition coefficient (Wildman–Crippen LogP) is 4.45. The van der Waals surface area contributed by atoms with Gasteiger partial charge < -0.3 is 5.11 Å². The molecule has 0 aromatic heterocycles. The van der Waals surface area contributed by atoms with Crippen LogP contribution in [0.3, 0.4) is 0 Å². The van der Waals surface area contributed by atoms with Crippen molar-refractivity contribution in [3.8, 4) is 5.75 Å². The fourth-order valence-corrected chi connectivity index (χ4v) is 3.96. The maximum Gasteiger partial charge on any atom is 0.141 e. The Bertz CT molecular complexity index is 623. The van der Waals surface area contributed by atoms with E-state index in [9.17, 15) is 9.90 Å². The van der Waals surface area contributed by atoms with Crippen LogP contribution >= 0.6 is 0 Å². The van der Waals surface area contributed by atoms with Crippen LogP contribution in [0.15, 0.2) is 23.2 Å². The van der Waals surface area contributed by atoms with Crippen molar-refractivity contribution in [1.82, 2.24) is 0 Å². The first kappa shape index (κ1) is 16.2. The van der Waals surface area contributed by atoms with E-state index in [2.05, 4.69) is 13.8 Å². The van der Waals surface area contributed by atoms with Gasteiger partial charge in [-0.05, 0) is 50.8 Å². The summed E-state index contributed by atoms with van der Waals surface area (Å²) in [5, 5.41) is 9.82. The zero-order valence-electron chi connectivity index (χ0n) is 14.3. The molecule has 3 nitrogen and oxygen atoms in total. The lowest BCUT2D eigenvalue weighted by Crippen LogP contribution is -2.31. The van der Waals surface area contributed by atoms with Crippen LogP contribution in [-0.2, 0) is 11.2 Å². The van der Waals surface area contributed by atoms with Gasteiger partial charge in [0.1, 0.15) is 11.5 Å². The number of carbonyl (C=O) groups is 1. The summed E-state index contributed by atoms with van der Waals surface area (Å²) in [5.74, 6) is 0.779. The zero-order valence-corrected chi connectivity index (χ0v) is 14.3. The van der Waals surface area contributed by atoms with Gasteiger partial charge in [-0.25, -0.2) is 0 Å². The molecule has 124 valence electrons. The first-order valence-corrected chi connectivity index (χ1v) is 8.88. The monoisotopic (exact) mass is 313 g/mol. The number of ketones is 1. The van der Waals surface area contributed by atoms with E-state index in [1.807, 2.05) is 6.07 Å². The second-order valence-electron chi connectivity index (χ2n) is 7.72. The van der Waals surface area contributed by atoms with Gasteiger partial charge in [0, 0.05) is 17.9 Å². The molecule has 0 bridgehead atoms. The molecule has 1 aromatic rings. The van der Waals surface area contributed by atoms with Crippen LogP contribution in [0.25, 0.3) is 0 Å². The fourth-order valence-electron chi connectivity index (χ4n) is 3.96. The number of fused-ring (bicyclic) bond motifs is 1. The second-order valence-corrected chi connectivity index (χ2v) is 7.72. The highest BCUT2D eigenvalue weighted by molar-refractivity contribution is 6.13. The van der Waals surface area contributed by atoms with Crippen LogP contribution in [0, 0.1) is 5.92 Å². The molecule has 0 amide bonds. The summed E-state index contributed by atoms with van der Waals surface area (Å²) in [7, 11) is 0. The molecular weight excluding hydrogens is 286 g/mol. The maximum absolute atomic E-state index is 12.8. The first-order valence-electron chi connectivity index (χ1n) is 8.88. The van der Waals surface area contributed by atoms with Crippen molar-refractivity contribution in [2.75, 3.05) is 0 Å². The molecule has 2 aliphatic rings. The Morgan fingerprint density at radius 1 is 1.22 bits per heavy atom. The number of hydrogen-bond donors (Lipinski definition) is 1. The number of benzene rings is 1. The molecule has 0 radical (unpaired) electrons.